The molecular weight excluding hydrogens is 240 g/mol. The zero-order valence-electron chi connectivity index (χ0n) is 9.74. The van der Waals surface area contributed by atoms with Gasteiger partial charge in [0.05, 0.1) is 6.10 Å². The van der Waals surface area contributed by atoms with Gasteiger partial charge >= 0.3 is 6.03 Å². The van der Waals surface area contributed by atoms with Crippen LogP contribution in [0.15, 0.2) is 24.3 Å². The molecule has 94 valence electrons. The summed E-state index contributed by atoms with van der Waals surface area (Å²) in [5.41, 5.74) is 0.625. The second kappa shape index (κ2) is 7.14. The molecule has 0 aromatic heterocycles. The van der Waals surface area contributed by atoms with E-state index in [0.717, 1.165) is 6.42 Å². The average molecular weight is 257 g/mol. The first-order chi connectivity index (χ1) is 8.11. The van der Waals surface area contributed by atoms with Crippen molar-refractivity contribution in [2.45, 2.75) is 25.9 Å². The second-order valence-corrected chi connectivity index (χ2v) is 4.22. The summed E-state index contributed by atoms with van der Waals surface area (Å²) >= 11 is 5.79. The Morgan fingerprint density at radius 3 is 2.94 bits per heavy atom. The number of hydrogen-bond donors (Lipinski definition) is 3. The van der Waals surface area contributed by atoms with E-state index >= 15 is 0 Å². The summed E-state index contributed by atoms with van der Waals surface area (Å²) in [7, 11) is 0. The number of halogens is 1. The molecule has 0 aliphatic rings. The Balaban J connectivity index is 2.34. The van der Waals surface area contributed by atoms with Crippen molar-refractivity contribution < 1.29 is 9.90 Å². The molecule has 5 heteroatoms. The van der Waals surface area contributed by atoms with Gasteiger partial charge in [0, 0.05) is 17.3 Å². The molecule has 3 N–H and O–H groups in total. The molecule has 0 aliphatic carbocycles. The average Bonchev–Trinajstić information content (AvgIpc) is 2.27. The van der Waals surface area contributed by atoms with Crippen LogP contribution in [0.2, 0.25) is 5.02 Å². The van der Waals surface area contributed by atoms with Gasteiger partial charge < -0.3 is 15.7 Å². The molecule has 0 spiro atoms. The van der Waals surface area contributed by atoms with Crippen LogP contribution in [-0.4, -0.2) is 23.8 Å². The van der Waals surface area contributed by atoms with E-state index in [1.165, 1.54) is 0 Å². The molecule has 17 heavy (non-hydrogen) atoms. The number of amides is 2. The van der Waals surface area contributed by atoms with E-state index in [9.17, 15) is 9.90 Å². The first kappa shape index (κ1) is 13.8. The first-order valence-electron chi connectivity index (χ1n) is 5.60. The second-order valence-electron chi connectivity index (χ2n) is 3.79. The SMILES string of the molecule is CCCC(O)CNC(=O)Nc1cccc(Cl)c1. The molecule has 0 radical (unpaired) electrons. The van der Waals surface area contributed by atoms with Gasteiger partial charge in [0.25, 0.3) is 0 Å². The predicted octanol–water partition coefficient (Wildman–Crippen LogP) is 2.62. The van der Waals surface area contributed by atoms with E-state index in [2.05, 4.69) is 10.6 Å². The van der Waals surface area contributed by atoms with E-state index in [-0.39, 0.29) is 12.6 Å². The fourth-order valence-corrected chi connectivity index (χ4v) is 1.58. The number of benzene rings is 1. The topological polar surface area (TPSA) is 61.4 Å². The van der Waals surface area contributed by atoms with Crippen molar-refractivity contribution in [3.8, 4) is 0 Å². The number of urea groups is 1. The molecule has 1 unspecified atom stereocenters. The fraction of sp³-hybridized carbons (Fsp3) is 0.417. The van der Waals surface area contributed by atoms with Gasteiger partial charge in [-0.15, -0.1) is 0 Å². The maximum atomic E-state index is 11.5. The molecule has 0 heterocycles. The zero-order valence-corrected chi connectivity index (χ0v) is 10.5. The van der Waals surface area contributed by atoms with E-state index in [1.54, 1.807) is 24.3 Å². The Bertz CT molecular complexity index is 371. The molecule has 1 aromatic carbocycles. The van der Waals surface area contributed by atoms with Gasteiger partial charge in [0.15, 0.2) is 0 Å². The van der Waals surface area contributed by atoms with E-state index in [4.69, 9.17) is 11.6 Å². The summed E-state index contributed by atoms with van der Waals surface area (Å²) in [5.74, 6) is 0. The smallest absolute Gasteiger partial charge is 0.319 e. The summed E-state index contributed by atoms with van der Waals surface area (Å²) in [4.78, 5) is 11.5. The Kier molecular flexibility index (Phi) is 5.80. The summed E-state index contributed by atoms with van der Waals surface area (Å²) in [5, 5.41) is 15.2. The van der Waals surface area contributed by atoms with E-state index in [0.29, 0.717) is 17.1 Å². The molecule has 0 fully saturated rings. The van der Waals surface area contributed by atoms with Crippen LogP contribution in [-0.2, 0) is 0 Å². The minimum atomic E-state index is -0.495. The molecule has 0 aliphatic heterocycles. The minimum Gasteiger partial charge on any atom is -0.391 e. The third kappa shape index (κ3) is 5.56. The highest BCUT2D eigenvalue weighted by Gasteiger charge is 2.06. The number of aliphatic hydroxyl groups excluding tert-OH is 1. The lowest BCUT2D eigenvalue weighted by Crippen LogP contribution is -2.35. The number of anilines is 1. The summed E-state index contributed by atoms with van der Waals surface area (Å²) in [6.07, 6.45) is 1.07. The van der Waals surface area contributed by atoms with Gasteiger partial charge in [-0.1, -0.05) is 31.0 Å². The van der Waals surface area contributed by atoms with Crippen LogP contribution in [0.3, 0.4) is 0 Å². The molecule has 2 amide bonds. The molecule has 1 aromatic rings. The normalized spacial score (nSPS) is 11.9. The van der Waals surface area contributed by atoms with Crippen molar-refractivity contribution in [3.05, 3.63) is 29.3 Å². The van der Waals surface area contributed by atoms with Crippen LogP contribution in [0, 0.1) is 0 Å². The van der Waals surface area contributed by atoms with Gasteiger partial charge in [-0.2, -0.15) is 0 Å². The zero-order chi connectivity index (χ0) is 12.7. The van der Waals surface area contributed by atoms with Crippen LogP contribution >= 0.6 is 11.6 Å². The standard InChI is InChI=1S/C12H17ClN2O2/c1-2-4-11(16)8-14-12(17)15-10-6-3-5-9(13)7-10/h3,5-7,11,16H,2,4,8H2,1H3,(H2,14,15,17). The van der Waals surface area contributed by atoms with Crippen LogP contribution < -0.4 is 10.6 Å². The van der Waals surface area contributed by atoms with Gasteiger partial charge in [0.2, 0.25) is 0 Å². The number of rotatable bonds is 5. The van der Waals surface area contributed by atoms with Crippen LogP contribution in [0.1, 0.15) is 19.8 Å². The molecule has 4 nitrogen and oxygen atoms in total. The monoisotopic (exact) mass is 256 g/mol. The number of hydrogen-bond acceptors (Lipinski definition) is 2. The van der Waals surface area contributed by atoms with Crippen molar-refractivity contribution in [1.82, 2.24) is 5.32 Å². The molecule has 1 rings (SSSR count). The van der Waals surface area contributed by atoms with Gasteiger partial charge in [-0.25, -0.2) is 4.79 Å². The Labute approximate surface area is 106 Å². The molecule has 0 bridgehead atoms. The van der Waals surface area contributed by atoms with Crippen molar-refractivity contribution >= 4 is 23.3 Å². The number of aliphatic hydroxyl groups is 1. The Hall–Kier alpha value is -1.26. The van der Waals surface area contributed by atoms with Crippen molar-refractivity contribution in [2.75, 3.05) is 11.9 Å². The molecule has 0 saturated carbocycles. The predicted molar refractivity (Wildman–Crippen MR) is 69.4 cm³/mol. The quantitative estimate of drug-likeness (QED) is 0.758. The summed E-state index contributed by atoms with van der Waals surface area (Å²) < 4.78 is 0. The van der Waals surface area contributed by atoms with Gasteiger partial charge in [-0.05, 0) is 24.6 Å². The highest BCUT2D eigenvalue weighted by atomic mass is 35.5. The highest BCUT2D eigenvalue weighted by Crippen LogP contribution is 2.14. The highest BCUT2D eigenvalue weighted by molar-refractivity contribution is 6.30. The Morgan fingerprint density at radius 1 is 1.53 bits per heavy atom. The first-order valence-corrected chi connectivity index (χ1v) is 5.98. The third-order valence-electron chi connectivity index (χ3n) is 2.20. The molecule has 0 saturated heterocycles. The summed E-state index contributed by atoms with van der Waals surface area (Å²) in [6.45, 7) is 2.23. The number of carbonyl (C=O) groups is 1. The number of nitrogens with one attached hydrogen (secondary N) is 2. The minimum absolute atomic E-state index is 0.250. The number of carbonyl (C=O) groups excluding carboxylic acids is 1. The van der Waals surface area contributed by atoms with Crippen LogP contribution in [0.25, 0.3) is 0 Å². The third-order valence-corrected chi connectivity index (χ3v) is 2.44. The maximum absolute atomic E-state index is 11.5. The van der Waals surface area contributed by atoms with Crippen molar-refractivity contribution in [3.63, 3.8) is 0 Å². The van der Waals surface area contributed by atoms with Gasteiger partial charge in [-0.3, -0.25) is 0 Å². The van der Waals surface area contributed by atoms with Gasteiger partial charge in [0.1, 0.15) is 0 Å². The van der Waals surface area contributed by atoms with Crippen molar-refractivity contribution in [2.24, 2.45) is 0 Å². The lowest BCUT2D eigenvalue weighted by atomic mass is 10.2. The van der Waals surface area contributed by atoms with E-state index in [1.807, 2.05) is 6.92 Å². The molecule has 1 atom stereocenters. The fourth-order valence-electron chi connectivity index (χ4n) is 1.39. The Morgan fingerprint density at radius 2 is 2.29 bits per heavy atom. The van der Waals surface area contributed by atoms with Crippen LogP contribution in [0.4, 0.5) is 10.5 Å². The lowest BCUT2D eigenvalue weighted by molar-refractivity contribution is 0.162. The molecular formula is C12H17ClN2O2. The van der Waals surface area contributed by atoms with Crippen molar-refractivity contribution in [1.29, 1.82) is 0 Å². The maximum Gasteiger partial charge on any atom is 0.319 e. The lowest BCUT2D eigenvalue weighted by Gasteiger charge is -2.11. The van der Waals surface area contributed by atoms with E-state index < -0.39 is 6.10 Å². The summed E-state index contributed by atoms with van der Waals surface area (Å²) in [6, 6.07) is 6.54. The van der Waals surface area contributed by atoms with Crippen LogP contribution in [0.5, 0.6) is 0 Å². The largest absolute Gasteiger partial charge is 0.391 e.